The van der Waals surface area contributed by atoms with E-state index in [-0.39, 0.29) is 0 Å². The molecule has 2 aromatic rings. The van der Waals surface area contributed by atoms with Crippen LogP contribution in [0.2, 0.25) is 0 Å². The summed E-state index contributed by atoms with van der Waals surface area (Å²) < 4.78 is 17.0. The molecule has 28 heavy (non-hydrogen) atoms. The monoisotopic (exact) mass is 390 g/mol. The third-order valence-electron chi connectivity index (χ3n) is 3.56. The summed E-state index contributed by atoms with van der Waals surface area (Å²) >= 11 is 0. The van der Waals surface area contributed by atoms with Gasteiger partial charge >= 0.3 is 19.3 Å². The van der Waals surface area contributed by atoms with E-state index in [9.17, 15) is 14.6 Å². The van der Waals surface area contributed by atoms with Crippen molar-refractivity contribution < 1.29 is 28.7 Å². The van der Waals surface area contributed by atoms with Gasteiger partial charge in [-0.15, -0.1) is 0 Å². The Hall–Kier alpha value is -2.52. The molecule has 0 radical (unpaired) electrons. The second-order valence-corrected chi connectivity index (χ2v) is 8.38. The van der Waals surface area contributed by atoms with E-state index in [4.69, 9.17) is 14.1 Å². The highest BCUT2D eigenvalue weighted by Crippen LogP contribution is 2.22. The van der Waals surface area contributed by atoms with Crippen molar-refractivity contribution in [2.24, 2.45) is 0 Å². The number of nitrogens with zero attached hydrogens (tertiary/aromatic N) is 1. The maximum atomic E-state index is 12.5. The molecule has 0 atom stereocenters. The molecule has 9 heteroatoms. The van der Waals surface area contributed by atoms with E-state index in [0.717, 1.165) is 0 Å². The zero-order chi connectivity index (χ0) is 21.3. The van der Waals surface area contributed by atoms with Crippen LogP contribution in [0.25, 0.3) is 10.9 Å². The molecule has 0 aliphatic carbocycles. The van der Waals surface area contributed by atoms with Crippen LogP contribution in [-0.2, 0) is 14.1 Å². The van der Waals surface area contributed by atoms with Crippen LogP contribution in [0.4, 0.5) is 15.3 Å². The summed E-state index contributed by atoms with van der Waals surface area (Å²) in [5.41, 5.74) is 0.0249. The third kappa shape index (κ3) is 5.49. The third-order valence-corrected chi connectivity index (χ3v) is 3.56. The number of aromatic nitrogens is 1. The van der Waals surface area contributed by atoms with E-state index < -0.39 is 30.5 Å². The van der Waals surface area contributed by atoms with Crippen molar-refractivity contribution in [2.75, 3.05) is 12.4 Å². The molecule has 0 bridgehead atoms. The maximum absolute atomic E-state index is 12.5. The number of nitrogens with one attached hydrogen (secondary N) is 1. The van der Waals surface area contributed by atoms with Gasteiger partial charge in [0.15, 0.2) is 0 Å². The number of carbonyl (C=O) groups excluding carboxylic acids is 2. The first-order valence-electron chi connectivity index (χ1n) is 8.90. The molecule has 2 N–H and O–H groups in total. The minimum absolute atomic E-state index is 0.371. The topological polar surface area (TPSA) is 99.0 Å². The fourth-order valence-electron chi connectivity index (χ4n) is 2.54. The van der Waals surface area contributed by atoms with Crippen molar-refractivity contribution in [1.29, 1.82) is 0 Å². The number of benzene rings is 1. The molecule has 0 saturated carbocycles. The Morgan fingerprint density at radius 3 is 2.21 bits per heavy atom. The summed E-state index contributed by atoms with van der Waals surface area (Å²) in [6.45, 7) is 10.6. The number of amides is 1. The van der Waals surface area contributed by atoms with E-state index in [1.54, 1.807) is 59.7 Å². The first-order chi connectivity index (χ1) is 12.8. The Labute approximate surface area is 164 Å². The summed E-state index contributed by atoms with van der Waals surface area (Å²) in [6.07, 6.45) is 0.275. The van der Waals surface area contributed by atoms with Gasteiger partial charge in [-0.2, -0.15) is 0 Å². The van der Waals surface area contributed by atoms with Gasteiger partial charge in [0.25, 0.3) is 0 Å². The minimum atomic E-state index is -1.25. The van der Waals surface area contributed by atoms with Crippen molar-refractivity contribution >= 4 is 41.4 Å². The van der Waals surface area contributed by atoms with Gasteiger partial charge in [0.1, 0.15) is 11.2 Å². The lowest BCUT2D eigenvalue weighted by molar-refractivity contribution is 0.0543. The van der Waals surface area contributed by atoms with Crippen LogP contribution in [0.1, 0.15) is 41.5 Å². The Morgan fingerprint density at radius 2 is 1.68 bits per heavy atom. The first kappa shape index (κ1) is 21.8. The van der Waals surface area contributed by atoms with Crippen LogP contribution in [-0.4, -0.2) is 47.2 Å². The van der Waals surface area contributed by atoms with Crippen LogP contribution in [0.15, 0.2) is 24.4 Å². The van der Waals surface area contributed by atoms with E-state index in [0.29, 0.717) is 22.1 Å². The van der Waals surface area contributed by atoms with Crippen molar-refractivity contribution in [3.8, 4) is 0 Å². The van der Waals surface area contributed by atoms with Crippen molar-refractivity contribution in [1.82, 2.24) is 4.57 Å². The lowest BCUT2D eigenvalue weighted by Gasteiger charge is -2.20. The summed E-state index contributed by atoms with van der Waals surface area (Å²) in [5, 5.41) is 13.4. The average Bonchev–Trinajstić information content (AvgIpc) is 2.89. The minimum Gasteiger partial charge on any atom is -0.444 e. The average molecular weight is 390 g/mol. The number of carbonyl (C=O) groups is 2. The van der Waals surface area contributed by atoms with E-state index in [2.05, 4.69) is 5.32 Å². The maximum Gasteiger partial charge on any atom is 0.493 e. The van der Waals surface area contributed by atoms with Crippen molar-refractivity contribution in [2.45, 2.75) is 52.7 Å². The molecule has 0 aliphatic rings. The molecule has 1 aromatic carbocycles. The van der Waals surface area contributed by atoms with Crippen LogP contribution in [0, 0.1) is 0 Å². The quantitative estimate of drug-likeness (QED) is 0.782. The molecular weight excluding hydrogens is 363 g/mol. The molecule has 1 amide bonds. The predicted molar refractivity (Wildman–Crippen MR) is 108 cm³/mol. The second kappa shape index (κ2) is 7.85. The first-order valence-corrected chi connectivity index (χ1v) is 8.90. The number of hydrogen-bond donors (Lipinski definition) is 2. The summed E-state index contributed by atoms with van der Waals surface area (Å²) in [5.74, 6) is 0. The normalized spacial score (nSPS) is 12.0. The van der Waals surface area contributed by atoms with Crippen LogP contribution >= 0.6 is 0 Å². The van der Waals surface area contributed by atoms with Crippen LogP contribution in [0.5, 0.6) is 0 Å². The fourth-order valence-corrected chi connectivity index (χ4v) is 2.54. The van der Waals surface area contributed by atoms with Gasteiger partial charge < -0.3 is 19.2 Å². The van der Waals surface area contributed by atoms with E-state index in [1.165, 1.54) is 17.9 Å². The zero-order valence-corrected chi connectivity index (χ0v) is 17.3. The Kier molecular flexibility index (Phi) is 6.10. The number of rotatable bonds is 3. The van der Waals surface area contributed by atoms with Gasteiger partial charge in [-0.1, -0.05) is 0 Å². The van der Waals surface area contributed by atoms with Gasteiger partial charge in [0, 0.05) is 29.8 Å². The van der Waals surface area contributed by atoms with Crippen molar-refractivity contribution in [3.63, 3.8) is 0 Å². The highest BCUT2D eigenvalue weighted by Gasteiger charge is 2.26. The number of hydrogen-bond acceptors (Lipinski definition) is 6. The predicted octanol–water partition coefficient (Wildman–Crippen LogP) is 3.11. The molecule has 152 valence electrons. The molecule has 1 heterocycles. The highest BCUT2D eigenvalue weighted by molar-refractivity contribution is 6.63. The van der Waals surface area contributed by atoms with E-state index in [1.807, 2.05) is 0 Å². The summed E-state index contributed by atoms with van der Waals surface area (Å²) in [4.78, 5) is 24.6. The van der Waals surface area contributed by atoms with Gasteiger partial charge in [0.2, 0.25) is 0 Å². The van der Waals surface area contributed by atoms with Crippen LogP contribution in [0.3, 0.4) is 0 Å². The molecule has 0 saturated heterocycles. The smallest absolute Gasteiger partial charge is 0.444 e. The number of anilines is 1. The Balaban J connectivity index is 2.44. The number of fused-ring (bicyclic) bond motifs is 1. The molecule has 0 unspecified atom stereocenters. The van der Waals surface area contributed by atoms with Crippen LogP contribution < -0.4 is 10.8 Å². The van der Waals surface area contributed by atoms with Gasteiger partial charge in [-0.3, -0.25) is 9.88 Å². The zero-order valence-electron chi connectivity index (χ0n) is 17.3. The van der Waals surface area contributed by atoms with E-state index >= 15 is 0 Å². The summed E-state index contributed by atoms with van der Waals surface area (Å²) in [6, 6.07) is 4.92. The molecular formula is C19H27BN2O6. The molecule has 1 aromatic heterocycles. The standard InChI is InChI=1S/C19H27BN2O6/c1-18(2,3)27-16(23)21-12-8-9-15-13(10-12)14(20(25)26-7)11-22(15)17(24)28-19(4,5)6/h8-11,25H,1-7H3,(H,21,23). The summed E-state index contributed by atoms with van der Waals surface area (Å²) in [7, 11) is 0.104. The van der Waals surface area contributed by atoms with Crippen molar-refractivity contribution in [3.05, 3.63) is 24.4 Å². The Bertz CT molecular complexity index is 879. The molecule has 8 nitrogen and oxygen atoms in total. The SMILES string of the molecule is COB(O)c1cn(C(=O)OC(C)(C)C)c2ccc(NC(=O)OC(C)(C)C)cc12. The molecule has 0 aliphatic heterocycles. The van der Waals surface area contributed by atoms with Gasteiger partial charge in [0.05, 0.1) is 5.52 Å². The lowest BCUT2D eigenvalue weighted by atomic mass is 9.79. The molecule has 2 rings (SSSR count). The highest BCUT2D eigenvalue weighted by atomic mass is 16.6. The second-order valence-electron chi connectivity index (χ2n) is 8.38. The molecule has 0 fully saturated rings. The lowest BCUT2D eigenvalue weighted by Crippen LogP contribution is -2.32. The Morgan fingerprint density at radius 1 is 1.07 bits per heavy atom. The van der Waals surface area contributed by atoms with Gasteiger partial charge in [-0.05, 0) is 59.7 Å². The molecule has 0 spiro atoms. The fraction of sp³-hybridized carbons (Fsp3) is 0.474. The largest absolute Gasteiger partial charge is 0.493 e. The van der Waals surface area contributed by atoms with Gasteiger partial charge in [-0.25, -0.2) is 9.59 Å². The number of ether oxygens (including phenoxy) is 2.